The second-order valence-electron chi connectivity index (χ2n) is 4.37. The number of aliphatic hydroxyl groups is 1. The number of rotatable bonds is 6. The van der Waals surface area contributed by atoms with Crippen LogP contribution in [0.15, 0.2) is 0 Å². The number of carbonyl (C=O) groups is 1. The van der Waals surface area contributed by atoms with Crippen LogP contribution in [0.3, 0.4) is 0 Å². The first-order chi connectivity index (χ1) is 6.91. The minimum absolute atomic E-state index is 0.0487. The molecule has 0 aliphatic heterocycles. The third kappa shape index (κ3) is 3.80. The summed E-state index contributed by atoms with van der Waals surface area (Å²) in [5.74, 6) is 0.0390. The van der Waals surface area contributed by atoms with Gasteiger partial charge in [-0.3, -0.25) is 4.79 Å². The van der Waals surface area contributed by atoms with Crippen LogP contribution >= 0.6 is 0 Å². The molecule has 4 heteroatoms. The number of nitrogens with two attached hydrogens (primary N) is 1. The van der Waals surface area contributed by atoms with Gasteiger partial charge in [-0.2, -0.15) is 0 Å². The lowest BCUT2D eigenvalue weighted by molar-refractivity contribution is -0.128. The standard InChI is InChI=1S/C11H24N2O2/c1-5-11(12,6-2)10(15)13-9(7-14)8(3)4/h8-9,14H,5-7,12H2,1-4H3,(H,13,15). The summed E-state index contributed by atoms with van der Waals surface area (Å²) in [4.78, 5) is 11.9. The molecule has 1 amide bonds. The van der Waals surface area contributed by atoms with E-state index < -0.39 is 5.54 Å². The zero-order chi connectivity index (χ0) is 12.1. The molecule has 4 nitrogen and oxygen atoms in total. The second-order valence-corrected chi connectivity index (χ2v) is 4.37. The highest BCUT2D eigenvalue weighted by atomic mass is 16.3. The third-order valence-corrected chi connectivity index (χ3v) is 3.03. The molecule has 1 unspecified atom stereocenters. The second kappa shape index (κ2) is 6.08. The fourth-order valence-electron chi connectivity index (χ4n) is 1.31. The van der Waals surface area contributed by atoms with Crippen molar-refractivity contribution in [1.29, 1.82) is 0 Å². The molecule has 0 spiro atoms. The van der Waals surface area contributed by atoms with Crippen molar-refractivity contribution in [1.82, 2.24) is 5.32 Å². The van der Waals surface area contributed by atoms with Crippen molar-refractivity contribution in [2.75, 3.05) is 6.61 Å². The van der Waals surface area contributed by atoms with Crippen LogP contribution in [0.4, 0.5) is 0 Å². The maximum absolute atomic E-state index is 11.9. The number of hydrogen-bond acceptors (Lipinski definition) is 3. The quantitative estimate of drug-likeness (QED) is 0.610. The van der Waals surface area contributed by atoms with Gasteiger partial charge in [-0.1, -0.05) is 27.7 Å². The molecule has 0 aromatic rings. The van der Waals surface area contributed by atoms with Gasteiger partial charge in [0.15, 0.2) is 0 Å². The van der Waals surface area contributed by atoms with E-state index in [0.717, 1.165) is 0 Å². The summed E-state index contributed by atoms with van der Waals surface area (Å²) in [6, 6.07) is -0.210. The van der Waals surface area contributed by atoms with Gasteiger partial charge in [0, 0.05) is 0 Å². The topological polar surface area (TPSA) is 75.4 Å². The minimum atomic E-state index is -0.803. The summed E-state index contributed by atoms with van der Waals surface area (Å²) < 4.78 is 0. The van der Waals surface area contributed by atoms with Crippen molar-refractivity contribution < 1.29 is 9.90 Å². The van der Waals surface area contributed by atoms with Crippen molar-refractivity contribution in [3.8, 4) is 0 Å². The van der Waals surface area contributed by atoms with Gasteiger partial charge in [-0.25, -0.2) is 0 Å². The molecule has 4 N–H and O–H groups in total. The van der Waals surface area contributed by atoms with Crippen LogP contribution in [0.1, 0.15) is 40.5 Å². The zero-order valence-corrected chi connectivity index (χ0v) is 10.2. The van der Waals surface area contributed by atoms with Gasteiger partial charge >= 0.3 is 0 Å². The molecule has 0 rings (SSSR count). The van der Waals surface area contributed by atoms with Gasteiger partial charge in [0.25, 0.3) is 0 Å². The van der Waals surface area contributed by atoms with E-state index >= 15 is 0 Å². The number of carbonyl (C=O) groups excluding carboxylic acids is 1. The lowest BCUT2D eigenvalue weighted by Gasteiger charge is -2.29. The van der Waals surface area contributed by atoms with Crippen molar-refractivity contribution >= 4 is 5.91 Å². The molecule has 0 bridgehead atoms. The summed E-state index contributed by atoms with van der Waals surface area (Å²) in [7, 11) is 0. The third-order valence-electron chi connectivity index (χ3n) is 3.03. The summed E-state index contributed by atoms with van der Waals surface area (Å²) in [6.07, 6.45) is 1.21. The van der Waals surface area contributed by atoms with Crippen molar-refractivity contribution in [3.05, 3.63) is 0 Å². The molecular formula is C11H24N2O2. The van der Waals surface area contributed by atoms with E-state index in [1.807, 2.05) is 27.7 Å². The van der Waals surface area contributed by atoms with Gasteiger partial charge in [0.2, 0.25) is 5.91 Å². The van der Waals surface area contributed by atoms with Gasteiger partial charge in [0.05, 0.1) is 18.2 Å². The van der Waals surface area contributed by atoms with Crippen LogP contribution in [-0.4, -0.2) is 29.2 Å². The average Bonchev–Trinajstić information content (AvgIpc) is 2.23. The minimum Gasteiger partial charge on any atom is -0.394 e. The van der Waals surface area contributed by atoms with Crippen LogP contribution < -0.4 is 11.1 Å². The maximum atomic E-state index is 11.9. The normalized spacial score (nSPS) is 14.1. The maximum Gasteiger partial charge on any atom is 0.240 e. The Morgan fingerprint density at radius 3 is 2.13 bits per heavy atom. The van der Waals surface area contributed by atoms with E-state index in [9.17, 15) is 4.79 Å². The molecule has 0 aromatic carbocycles. The molecule has 0 fully saturated rings. The van der Waals surface area contributed by atoms with Crippen molar-refractivity contribution in [3.63, 3.8) is 0 Å². The van der Waals surface area contributed by atoms with E-state index in [4.69, 9.17) is 10.8 Å². The Labute approximate surface area is 92.2 Å². The fourth-order valence-corrected chi connectivity index (χ4v) is 1.31. The first kappa shape index (κ1) is 14.4. The Balaban J connectivity index is 4.45. The molecule has 15 heavy (non-hydrogen) atoms. The van der Waals surface area contributed by atoms with Crippen LogP contribution in [0.2, 0.25) is 0 Å². The number of amides is 1. The molecule has 0 saturated heterocycles. The summed E-state index contributed by atoms with van der Waals surface area (Å²) in [6.45, 7) is 7.65. The van der Waals surface area contributed by atoms with E-state index in [1.54, 1.807) is 0 Å². The molecule has 0 saturated carbocycles. The number of nitrogens with one attached hydrogen (secondary N) is 1. The average molecular weight is 216 g/mol. The fraction of sp³-hybridized carbons (Fsp3) is 0.909. The molecule has 0 heterocycles. The Bertz CT molecular complexity index is 201. The highest BCUT2D eigenvalue weighted by molar-refractivity contribution is 5.86. The van der Waals surface area contributed by atoms with Crippen LogP contribution in [0.25, 0.3) is 0 Å². The van der Waals surface area contributed by atoms with E-state index in [0.29, 0.717) is 12.8 Å². The van der Waals surface area contributed by atoms with Crippen LogP contribution in [-0.2, 0) is 4.79 Å². The first-order valence-electron chi connectivity index (χ1n) is 5.62. The van der Waals surface area contributed by atoms with Crippen LogP contribution in [0.5, 0.6) is 0 Å². The number of aliphatic hydroxyl groups excluding tert-OH is 1. The smallest absolute Gasteiger partial charge is 0.240 e. The molecule has 0 aliphatic carbocycles. The van der Waals surface area contributed by atoms with E-state index in [-0.39, 0.29) is 24.5 Å². The van der Waals surface area contributed by atoms with Gasteiger partial charge in [-0.05, 0) is 18.8 Å². The monoisotopic (exact) mass is 216 g/mol. The Morgan fingerprint density at radius 1 is 1.40 bits per heavy atom. The Hall–Kier alpha value is -0.610. The number of hydrogen-bond donors (Lipinski definition) is 3. The Kier molecular flexibility index (Phi) is 5.83. The summed E-state index contributed by atoms with van der Waals surface area (Å²) in [5.41, 5.74) is 5.15. The zero-order valence-electron chi connectivity index (χ0n) is 10.2. The first-order valence-corrected chi connectivity index (χ1v) is 5.62. The highest BCUT2D eigenvalue weighted by Crippen LogP contribution is 2.12. The molecule has 0 aromatic heterocycles. The van der Waals surface area contributed by atoms with Crippen LogP contribution in [0, 0.1) is 5.92 Å². The molecule has 1 atom stereocenters. The predicted molar refractivity (Wildman–Crippen MR) is 61.4 cm³/mol. The lowest BCUT2D eigenvalue weighted by atomic mass is 9.92. The molecular weight excluding hydrogens is 192 g/mol. The van der Waals surface area contributed by atoms with E-state index in [1.165, 1.54) is 0 Å². The van der Waals surface area contributed by atoms with E-state index in [2.05, 4.69) is 5.32 Å². The van der Waals surface area contributed by atoms with Crippen molar-refractivity contribution in [2.24, 2.45) is 11.7 Å². The molecule has 0 radical (unpaired) electrons. The Morgan fingerprint density at radius 2 is 1.87 bits per heavy atom. The summed E-state index contributed by atoms with van der Waals surface area (Å²) in [5, 5.41) is 11.9. The SMILES string of the molecule is CCC(N)(CC)C(=O)NC(CO)C(C)C. The largest absolute Gasteiger partial charge is 0.394 e. The van der Waals surface area contributed by atoms with Gasteiger partial charge < -0.3 is 16.2 Å². The lowest BCUT2D eigenvalue weighted by Crippen LogP contribution is -2.57. The van der Waals surface area contributed by atoms with Crippen molar-refractivity contribution in [2.45, 2.75) is 52.1 Å². The summed E-state index contributed by atoms with van der Waals surface area (Å²) >= 11 is 0. The highest BCUT2D eigenvalue weighted by Gasteiger charge is 2.31. The molecule has 0 aliphatic rings. The van der Waals surface area contributed by atoms with Gasteiger partial charge in [-0.15, -0.1) is 0 Å². The molecule has 90 valence electrons. The predicted octanol–water partition coefficient (Wildman–Crippen LogP) is 0.637. The van der Waals surface area contributed by atoms with Gasteiger partial charge in [0.1, 0.15) is 0 Å².